The quantitative estimate of drug-likeness (QED) is 0.782. The lowest BCUT2D eigenvalue weighted by atomic mass is 10.1. The van der Waals surface area contributed by atoms with E-state index < -0.39 is 6.29 Å². The fourth-order valence-electron chi connectivity index (χ4n) is 1.60. The number of halogens is 1. The first-order chi connectivity index (χ1) is 9.08. The van der Waals surface area contributed by atoms with Gasteiger partial charge in [0.15, 0.2) is 6.29 Å². The second-order valence-electron chi connectivity index (χ2n) is 4.01. The zero-order valence-electron chi connectivity index (χ0n) is 11.5. The summed E-state index contributed by atoms with van der Waals surface area (Å²) in [6, 6.07) is 5.49. The van der Waals surface area contributed by atoms with Gasteiger partial charge in [0.2, 0.25) is 0 Å². The number of hydrogen-bond acceptors (Lipinski definition) is 3. The highest BCUT2D eigenvalue weighted by atomic mass is 79.9. The first-order valence-corrected chi connectivity index (χ1v) is 7.15. The van der Waals surface area contributed by atoms with E-state index in [-0.39, 0.29) is 5.91 Å². The molecule has 0 fully saturated rings. The second kappa shape index (κ2) is 8.30. The Kier molecular flexibility index (Phi) is 7.05. The molecule has 0 aliphatic rings. The maximum absolute atomic E-state index is 12.0. The summed E-state index contributed by atoms with van der Waals surface area (Å²) in [5, 5.41) is 2.81. The minimum Gasteiger partial charge on any atom is -0.351 e. The Morgan fingerprint density at radius 1 is 1.32 bits per heavy atom. The predicted molar refractivity (Wildman–Crippen MR) is 78.3 cm³/mol. The maximum Gasteiger partial charge on any atom is 0.251 e. The predicted octanol–water partition coefficient (Wildman–Crippen LogP) is 2.89. The van der Waals surface area contributed by atoms with Crippen molar-refractivity contribution in [3.63, 3.8) is 0 Å². The van der Waals surface area contributed by atoms with Crippen molar-refractivity contribution in [3.05, 3.63) is 33.8 Å². The number of carbonyl (C=O) groups is 1. The number of hydrogen-bond donors (Lipinski definition) is 1. The van der Waals surface area contributed by atoms with Crippen LogP contribution in [-0.2, 0) is 9.47 Å². The van der Waals surface area contributed by atoms with Gasteiger partial charge >= 0.3 is 0 Å². The largest absolute Gasteiger partial charge is 0.351 e. The van der Waals surface area contributed by atoms with Crippen LogP contribution < -0.4 is 5.32 Å². The molecule has 5 heteroatoms. The summed E-state index contributed by atoms with van der Waals surface area (Å²) >= 11 is 3.41. The van der Waals surface area contributed by atoms with Gasteiger partial charge in [0.1, 0.15) is 0 Å². The van der Waals surface area contributed by atoms with Gasteiger partial charge in [-0.2, -0.15) is 0 Å². The van der Waals surface area contributed by atoms with Crippen LogP contribution in [0.3, 0.4) is 0 Å². The third-order valence-electron chi connectivity index (χ3n) is 2.55. The summed E-state index contributed by atoms with van der Waals surface area (Å²) in [6.07, 6.45) is -0.393. The Balaban J connectivity index is 2.56. The molecule has 0 aromatic heterocycles. The summed E-state index contributed by atoms with van der Waals surface area (Å²) < 4.78 is 11.7. The van der Waals surface area contributed by atoms with E-state index in [0.717, 1.165) is 10.0 Å². The molecule has 1 aromatic rings. The van der Waals surface area contributed by atoms with Crippen molar-refractivity contribution < 1.29 is 14.3 Å². The molecule has 0 spiro atoms. The molecule has 0 saturated heterocycles. The Morgan fingerprint density at radius 3 is 2.47 bits per heavy atom. The van der Waals surface area contributed by atoms with Crippen molar-refractivity contribution in [2.24, 2.45) is 0 Å². The Bertz CT molecular complexity index is 417. The molecule has 0 unspecified atom stereocenters. The first kappa shape index (κ1) is 16.1. The van der Waals surface area contributed by atoms with Crippen molar-refractivity contribution in [1.82, 2.24) is 5.32 Å². The first-order valence-electron chi connectivity index (χ1n) is 6.36. The third kappa shape index (κ3) is 5.30. The minimum absolute atomic E-state index is 0.125. The average Bonchev–Trinajstić information content (AvgIpc) is 2.39. The molecule has 0 aliphatic heterocycles. The monoisotopic (exact) mass is 329 g/mol. The number of amides is 1. The normalized spacial score (nSPS) is 10.8. The van der Waals surface area contributed by atoms with Gasteiger partial charge in [-0.3, -0.25) is 4.79 Å². The smallest absolute Gasteiger partial charge is 0.251 e. The number of nitrogens with one attached hydrogen (secondary N) is 1. The number of benzene rings is 1. The number of aryl methyl sites for hydroxylation is 1. The van der Waals surface area contributed by atoms with Crippen LogP contribution >= 0.6 is 15.9 Å². The van der Waals surface area contributed by atoms with Gasteiger partial charge in [0, 0.05) is 23.2 Å². The van der Waals surface area contributed by atoms with Crippen LogP contribution in [0.2, 0.25) is 0 Å². The van der Waals surface area contributed by atoms with Gasteiger partial charge in [-0.15, -0.1) is 0 Å². The van der Waals surface area contributed by atoms with E-state index in [0.29, 0.717) is 25.3 Å². The highest BCUT2D eigenvalue weighted by molar-refractivity contribution is 9.10. The molecular formula is C14H20BrNO3. The molecule has 0 radical (unpaired) electrons. The van der Waals surface area contributed by atoms with Crippen molar-refractivity contribution in [2.45, 2.75) is 27.1 Å². The fraction of sp³-hybridized carbons (Fsp3) is 0.500. The van der Waals surface area contributed by atoms with Crippen LogP contribution in [0.4, 0.5) is 0 Å². The third-order valence-corrected chi connectivity index (χ3v) is 3.44. The van der Waals surface area contributed by atoms with E-state index in [9.17, 15) is 4.79 Å². The van der Waals surface area contributed by atoms with Crippen molar-refractivity contribution in [1.29, 1.82) is 0 Å². The molecular weight excluding hydrogens is 310 g/mol. The van der Waals surface area contributed by atoms with E-state index in [1.165, 1.54) is 0 Å². The number of rotatable bonds is 7. The number of carbonyl (C=O) groups excluding carboxylic acids is 1. The van der Waals surface area contributed by atoms with Crippen LogP contribution in [0.25, 0.3) is 0 Å². The SMILES string of the molecule is CCOC(CNC(=O)c1ccc(Br)c(C)c1)OCC. The van der Waals surface area contributed by atoms with Crippen molar-refractivity contribution in [2.75, 3.05) is 19.8 Å². The Morgan fingerprint density at radius 2 is 1.95 bits per heavy atom. The molecule has 19 heavy (non-hydrogen) atoms. The molecule has 1 rings (SSSR count). The summed E-state index contributed by atoms with van der Waals surface area (Å²) in [7, 11) is 0. The minimum atomic E-state index is -0.393. The summed E-state index contributed by atoms with van der Waals surface area (Å²) in [5.74, 6) is -0.125. The van der Waals surface area contributed by atoms with Gasteiger partial charge in [0.25, 0.3) is 5.91 Å². The van der Waals surface area contributed by atoms with Gasteiger partial charge in [-0.1, -0.05) is 15.9 Å². The molecule has 0 saturated carbocycles. The molecule has 0 atom stereocenters. The molecule has 106 valence electrons. The van der Waals surface area contributed by atoms with E-state index >= 15 is 0 Å². The van der Waals surface area contributed by atoms with Crippen LogP contribution in [0.1, 0.15) is 29.8 Å². The lowest BCUT2D eigenvalue weighted by Gasteiger charge is -2.17. The van der Waals surface area contributed by atoms with E-state index in [2.05, 4.69) is 21.2 Å². The van der Waals surface area contributed by atoms with Crippen molar-refractivity contribution >= 4 is 21.8 Å². The van der Waals surface area contributed by atoms with E-state index in [1.807, 2.05) is 32.9 Å². The number of ether oxygens (including phenoxy) is 2. The second-order valence-corrected chi connectivity index (χ2v) is 4.87. The summed E-state index contributed by atoms with van der Waals surface area (Å²) in [5.41, 5.74) is 1.66. The van der Waals surface area contributed by atoms with Crippen LogP contribution in [-0.4, -0.2) is 32.0 Å². The van der Waals surface area contributed by atoms with Crippen LogP contribution in [0.5, 0.6) is 0 Å². The summed E-state index contributed by atoms with van der Waals surface area (Å²) in [6.45, 7) is 7.19. The molecule has 0 bridgehead atoms. The van der Waals surface area contributed by atoms with Crippen LogP contribution in [0.15, 0.2) is 22.7 Å². The zero-order chi connectivity index (χ0) is 14.3. The zero-order valence-corrected chi connectivity index (χ0v) is 13.1. The van der Waals surface area contributed by atoms with Crippen LogP contribution in [0, 0.1) is 6.92 Å². The van der Waals surface area contributed by atoms with E-state index in [1.54, 1.807) is 6.07 Å². The molecule has 0 aliphatic carbocycles. The maximum atomic E-state index is 12.0. The topological polar surface area (TPSA) is 47.6 Å². The van der Waals surface area contributed by atoms with Crippen molar-refractivity contribution in [3.8, 4) is 0 Å². The lowest BCUT2D eigenvalue weighted by Crippen LogP contribution is -2.35. The van der Waals surface area contributed by atoms with Gasteiger partial charge in [-0.05, 0) is 44.5 Å². The Labute approximate surface area is 122 Å². The average molecular weight is 330 g/mol. The Hall–Kier alpha value is -0.910. The summed E-state index contributed by atoms with van der Waals surface area (Å²) in [4.78, 5) is 12.0. The van der Waals surface area contributed by atoms with Gasteiger partial charge < -0.3 is 14.8 Å². The molecule has 1 aromatic carbocycles. The standard InChI is InChI=1S/C14H20BrNO3/c1-4-18-13(19-5-2)9-16-14(17)11-6-7-12(15)10(3)8-11/h6-8,13H,4-5,9H2,1-3H3,(H,16,17). The van der Waals surface area contributed by atoms with Gasteiger partial charge in [-0.25, -0.2) is 0 Å². The highest BCUT2D eigenvalue weighted by Crippen LogP contribution is 2.16. The highest BCUT2D eigenvalue weighted by Gasteiger charge is 2.11. The van der Waals surface area contributed by atoms with E-state index in [4.69, 9.17) is 9.47 Å². The molecule has 1 N–H and O–H groups in total. The molecule has 0 heterocycles. The molecule has 1 amide bonds. The molecule has 4 nitrogen and oxygen atoms in total. The van der Waals surface area contributed by atoms with Gasteiger partial charge in [0.05, 0.1) is 6.54 Å². The lowest BCUT2D eigenvalue weighted by molar-refractivity contribution is -0.131. The fourth-order valence-corrected chi connectivity index (χ4v) is 1.85.